The molecule has 0 aliphatic heterocycles. The largest absolute Gasteiger partial charge is 0.386 e. The first-order valence-corrected chi connectivity index (χ1v) is 11.7. The molecule has 0 aromatic rings. The van der Waals surface area contributed by atoms with Gasteiger partial charge in [0.1, 0.15) is 0 Å². The molecule has 4 unspecified atom stereocenters. The van der Waals surface area contributed by atoms with Crippen molar-refractivity contribution in [2.75, 3.05) is 14.1 Å². The Morgan fingerprint density at radius 2 is 1.77 bits per heavy atom. The highest BCUT2D eigenvalue weighted by Gasteiger charge is 2.34. The van der Waals surface area contributed by atoms with Crippen molar-refractivity contribution >= 4 is 12.1 Å². The lowest BCUT2D eigenvalue weighted by atomic mass is 9.79. The van der Waals surface area contributed by atoms with Crippen LogP contribution < -0.4 is 15.8 Å². The van der Waals surface area contributed by atoms with Crippen LogP contribution in [0.1, 0.15) is 77.6 Å². The van der Waals surface area contributed by atoms with Crippen LogP contribution in [0.2, 0.25) is 0 Å². The molecule has 5 heteroatoms. The predicted molar refractivity (Wildman–Crippen MR) is 114 cm³/mol. The van der Waals surface area contributed by atoms with E-state index in [9.17, 15) is 0 Å². The lowest BCUT2D eigenvalue weighted by Crippen LogP contribution is -2.43. The summed E-state index contributed by atoms with van der Waals surface area (Å²) in [5.74, 6) is 1.45. The van der Waals surface area contributed by atoms with E-state index in [2.05, 4.69) is 35.4 Å². The molecule has 0 aromatic heterocycles. The van der Waals surface area contributed by atoms with Crippen LogP contribution in [-0.4, -0.2) is 36.5 Å². The van der Waals surface area contributed by atoms with Crippen LogP contribution in [0.3, 0.4) is 0 Å². The molecule has 4 nitrogen and oxygen atoms in total. The zero-order valence-electron chi connectivity index (χ0n) is 17.1. The van der Waals surface area contributed by atoms with Gasteiger partial charge >= 0.3 is 0 Å². The van der Waals surface area contributed by atoms with Gasteiger partial charge in [-0.2, -0.15) is 0 Å². The van der Waals surface area contributed by atoms with Crippen LogP contribution >= 0.6 is 12.1 Å². The van der Waals surface area contributed by atoms with Gasteiger partial charge in [-0.25, -0.2) is 9.03 Å². The van der Waals surface area contributed by atoms with Gasteiger partial charge in [-0.3, -0.25) is 0 Å². The number of allylic oxidation sites excluding steroid dienone is 1. The first kappa shape index (κ1) is 20.5. The summed E-state index contributed by atoms with van der Waals surface area (Å²) in [6.45, 7) is 2.41. The molecular formula is C21H40N4S. The molecular weight excluding hydrogens is 340 g/mol. The number of hydrogen-bond donors (Lipinski definition) is 3. The summed E-state index contributed by atoms with van der Waals surface area (Å²) >= 11 is 1.72. The molecule has 2 saturated carbocycles. The Hall–Kier alpha value is -0.230. The van der Waals surface area contributed by atoms with Crippen LogP contribution in [0.15, 0.2) is 11.3 Å². The third-order valence-corrected chi connectivity index (χ3v) is 7.58. The minimum absolute atomic E-state index is 0.243. The van der Waals surface area contributed by atoms with E-state index < -0.39 is 0 Å². The fraction of sp³-hybridized carbons (Fsp3) is 0.905. The summed E-state index contributed by atoms with van der Waals surface area (Å²) in [5, 5.41) is 3.97. The van der Waals surface area contributed by atoms with Gasteiger partial charge in [0.05, 0.1) is 0 Å². The van der Waals surface area contributed by atoms with E-state index in [0.29, 0.717) is 18.0 Å². The van der Waals surface area contributed by atoms with E-state index >= 15 is 0 Å². The highest BCUT2D eigenvalue weighted by atomic mass is 32.2. The number of nitrogens with two attached hydrogens (primary N) is 1. The summed E-state index contributed by atoms with van der Waals surface area (Å²) < 4.78 is 5.79. The average molecular weight is 381 g/mol. The standard InChI is InChI=1S/C21H40N4S/c1-15-8-7-11-18(15)21(22)19-14-17(24-26-25(2)3)12-13-20(19)23-16-9-5-4-6-10-16/h15-18,21,23-24H,4-14,22H2,1-3H3. The van der Waals surface area contributed by atoms with Crippen molar-refractivity contribution in [1.29, 1.82) is 0 Å². The van der Waals surface area contributed by atoms with Crippen molar-refractivity contribution in [3.63, 3.8) is 0 Å². The van der Waals surface area contributed by atoms with Crippen molar-refractivity contribution in [1.82, 2.24) is 14.3 Å². The molecule has 2 fully saturated rings. The van der Waals surface area contributed by atoms with E-state index in [1.165, 1.54) is 69.1 Å². The van der Waals surface area contributed by atoms with Gasteiger partial charge in [0, 0.05) is 36.0 Å². The monoisotopic (exact) mass is 380 g/mol. The summed E-state index contributed by atoms with van der Waals surface area (Å²) in [4.78, 5) is 0. The molecule has 150 valence electrons. The van der Waals surface area contributed by atoms with E-state index in [4.69, 9.17) is 5.73 Å². The summed E-state index contributed by atoms with van der Waals surface area (Å²) in [5.41, 5.74) is 9.96. The molecule has 0 radical (unpaired) electrons. The summed E-state index contributed by atoms with van der Waals surface area (Å²) in [7, 11) is 4.19. The minimum Gasteiger partial charge on any atom is -0.386 e. The maximum Gasteiger partial charge on any atom is 0.0305 e. The molecule has 4 N–H and O–H groups in total. The Balaban J connectivity index is 1.72. The van der Waals surface area contributed by atoms with Crippen molar-refractivity contribution in [3.8, 4) is 0 Å². The predicted octanol–water partition coefficient (Wildman–Crippen LogP) is 4.19. The second kappa shape index (κ2) is 9.81. The smallest absolute Gasteiger partial charge is 0.0305 e. The second-order valence-corrected chi connectivity index (χ2v) is 10.2. The first-order chi connectivity index (χ1) is 12.5. The molecule has 0 spiro atoms. The van der Waals surface area contributed by atoms with Crippen LogP contribution in [0.4, 0.5) is 0 Å². The lowest BCUT2D eigenvalue weighted by Gasteiger charge is -2.37. The molecule has 26 heavy (non-hydrogen) atoms. The molecule has 3 rings (SSSR count). The summed E-state index contributed by atoms with van der Waals surface area (Å²) in [6, 6.07) is 1.47. The highest BCUT2D eigenvalue weighted by Crippen LogP contribution is 2.39. The van der Waals surface area contributed by atoms with Gasteiger partial charge in [0.15, 0.2) is 0 Å². The second-order valence-electron chi connectivity index (χ2n) is 9.04. The normalized spacial score (nSPS) is 32.3. The number of nitrogens with zero attached hydrogens (tertiary/aromatic N) is 1. The SMILES string of the molecule is CC1CCCC1C(N)C1=C(NC2CCCCC2)CCC(NSN(C)C)C1. The average Bonchev–Trinajstić information content (AvgIpc) is 3.07. The molecule has 0 amide bonds. The molecule has 0 bridgehead atoms. The zero-order valence-corrected chi connectivity index (χ0v) is 17.9. The van der Waals surface area contributed by atoms with Crippen LogP contribution in [0.25, 0.3) is 0 Å². The van der Waals surface area contributed by atoms with Crippen LogP contribution in [-0.2, 0) is 0 Å². The quantitative estimate of drug-likeness (QED) is 0.578. The van der Waals surface area contributed by atoms with Gasteiger partial charge in [-0.05, 0) is 70.0 Å². The Kier molecular flexibility index (Phi) is 7.74. The third-order valence-electron chi connectivity index (χ3n) is 6.77. The number of hydrogen-bond acceptors (Lipinski definition) is 5. The fourth-order valence-electron chi connectivity index (χ4n) is 5.21. The van der Waals surface area contributed by atoms with Gasteiger partial charge in [0.2, 0.25) is 0 Å². The first-order valence-electron chi connectivity index (χ1n) is 10.9. The van der Waals surface area contributed by atoms with Gasteiger partial charge < -0.3 is 11.1 Å². The van der Waals surface area contributed by atoms with Crippen molar-refractivity contribution < 1.29 is 0 Å². The lowest BCUT2D eigenvalue weighted by molar-refractivity contribution is 0.341. The molecule has 3 aliphatic carbocycles. The van der Waals surface area contributed by atoms with Crippen LogP contribution in [0, 0.1) is 11.8 Å². The van der Waals surface area contributed by atoms with E-state index in [1.54, 1.807) is 12.1 Å². The maximum absolute atomic E-state index is 6.91. The van der Waals surface area contributed by atoms with E-state index in [-0.39, 0.29) is 6.04 Å². The van der Waals surface area contributed by atoms with Gasteiger partial charge in [-0.1, -0.05) is 39.0 Å². The van der Waals surface area contributed by atoms with Crippen molar-refractivity contribution in [2.24, 2.45) is 17.6 Å². The maximum atomic E-state index is 6.91. The molecule has 3 aliphatic rings. The van der Waals surface area contributed by atoms with Gasteiger partial charge in [-0.15, -0.1) is 0 Å². The van der Waals surface area contributed by atoms with E-state index in [0.717, 1.165) is 18.8 Å². The van der Waals surface area contributed by atoms with Gasteiger partial charge in [0.25, 0.3) is 0 Å². The minimum atomic E-state index is 0.243. The topological polar surface area (TPSA) is 53.3 Å². The Morgan fingerprint density at radius 3 is 2.42 bits per heavy atom. The number of rotatable bonds is 7. The Bertz CT molecular complexity index is 473. The molecule has 0 aromatic carbocycles. The number of nitrogens with one attached hydrogen (secondary N) is 2. The summed E-state index contributed by atoms with van der Waals surface area (Å²) in [6.07, 6.45) is 14.4. The molecule has 4 atom stereocenters. The fourth-order valence-corrected chi connectivity index (χ4v) is 5.77. The van der Waals surface area contributed by atoms with Crippen molar-refractivity contribution in [2.45, 2.75) is 95.7 Å². The van der Waals surface area contributed by atoms with Crippen LogP contribution in [0.5, 0.6) is 0 Å². The van der Waals surface area contributed by atoms with Crippen molar-refractivity contribution in [3.05, 3.63) is 11.3 Å². The molecule has 0 heterocycles. The third kappa shape index (κ3) is 5.40. The Morgan fingerprint density at radius 1 is 1.00 bits per heavy atom. The zero-order chi connectivity index (χ0) is 18.5. The highest BCUT2D eigenvalue weighted by molar-refractivity contribution is 7.95. The Labute approximate surface area is 165 Å². The molecule has 0 saturated heterocycles. The van der Waals surface area contributed by atoms with E-state index in [1.807, 2.05) is 0 Å².